The molecule has 0 aliphatic heterocycles. The van der Waals surface area contributed by atoms with Crippen molar-refractivity contribution in [2.24, 2.45) is 0 Å². The van der Waals surface area contributed by atoms with Crippen molar-refractivity contribution in [1.29, 1.82) is 0 Å². The largest absolute Gasteiger partial charge is 0.496 e. The van der Waals surface area contributed by atoms with Gasteiger partial charge in [-0.05, 0) is 26.1 Å². The minimum atomic E-state index is 0.0330. The number of hydrogen-bond acceptors (Lipinski definition) is 3. The van der Waals surface area contributed by atoms with Crippen LogP contribution < -0.4 is 15.4 Å². The number of benzene rings is 1. The van der Waals surface area contributed by atoms with Crippen LogP contribution in [0.5, 0.6) is 5.75 Å². The lowest BCUT2D eigenvalue weighted by atomic mass is 10.1. The van der Waals surface area contributed by atoms with E-state index >= 15 is 0 Å². The summed E-state index contributed by atoms with van der Waals surface area (Å²) in [6.45, 7) is 1.61. The number of nitrogens with one attached hydrogen (secondary N) is 2. The third-order valence-electron chi connectivity index (χ3n) is 2.47. The van der Waals surface area contributed by atoms with Crippen LogP contribution in [0.15, 0.2) is 24.3 Å². The minimum absolute atomic E-state index is 0.0330. The fourth-order valence-corrected chi connectivity index (χ4v) is 1.58. The third kappa shape index (κ3) is 4.87. The Kier molecular flexibility index (Phi) is 6.10. The molecule has 4 nitrogen and oxygen atoms in total. The molecule has 0 aliphatic carbocycles. The second kappa shape index (κ2) is 7.68. The number of carbonyl (C=O) groups excluding carboxylic acids is 1. The zero-order valence-corrected chi connectivity index (χ0v) is 10.5. The highest BCUT2D eigenvalue weighted by molar-refractivity contribution is 5.79. The van der Waals surface area contributed by atoms with Gasteiger partial charge >= 0.3 is 0 Å². The van der Waals surface area contributed by atoms with Gasteiger partial charge < -0.3 is 15.4 Å². The van der Waals surface area contributed by atoms with Crippen molar-refractivity contribution in [2.45, 2.75) is 12.8 Å². The van der Waals surface area contributed by atoms with Gasteiger partial charge in [0, 0.05) is 12.1 Å². The summed E-state index contributed by atoms with van der Waals surface area (Å²) >= 11 is 0. The first-order chi connectivity index (χ1) is 8.27. The molecule has 94 valence electrons. The van der Waals surface area contributed by atoms with E-state index in [1.807, 2.05) is 31.3 Å². The predicted octanol–water partition coefficient (Wildman–Crippen LogP) is 0.963. The SMILES string of the molecule is CNCCCNC(=O)Cc1ccccc1OC. The zero-order chi connectivity index (χ0) is 12.5. The molecule has 0 unspecified atom stereocenters. The number of ether oxygens (including phenoxy) is 1. The third-order valence-corrected chi connectivity index (χ3v) is 2.47. The molecule has 0 aliphatic rings. The van der Waals surface area contributed by atoms with Crippen LogP contribution in [0, 0.1) is 0 Å². The summed E-state index contributed by atoms with van der Waals surface area (Å²) in [5, 5.41) is 5.92. The molecular formula is C13H20N2O2. The van der Waals surface area contributed by atoms with E-state index in [1.165, 1.54) is 0 Å². The van der Waals surface area contributed by atoms with Crippen LogP contribution in [-0.4, -0.2) is 33.2 Å². The molecule has 1 aromatic rings. The fraction of sp³-hybridized carbons (Fsp3) is 0.462. The number of carbonyl (C=O) groups is 1. The molecule has 0 saturated heterocycles. The Balaban J connectivity index is 2.39. The average molecular weight is 236 g/mol. The van der Waals surface area contributed by atoms with Crippen molar-refractivity contribution in [2.75, 3.05) is 27.2 Å². The van der Waals surface area contributed by atoms with Crippen LogP contribution in [0.3, 0.4) is 0 Å². The first-order valence-corrected chi connectivity index (χ1v) is 5.81. The molecule has 0 fully saturated rings. The lowest BCUT2D eigenvalue weighted by molar-refractivity contribution is -0.120. The first kappa shape index (κ1) is 13.5. The monoisotopic (exact) mass is 236 g/mol. The fourth-order valence-electron chi connectivity index (χ4n) is 1.58. The molecule has 0 radical (unpaired) electrons. The van der Waals surface area contributed by atoms with E-state index in [9.17, 15) is 4.79 Å². The topological polar surface area (TPSA) is 50.4 Å². The smallest absolute Gasteiger partial charge is 0.224 e. The summed E-state index contributed by atoms with van der Waals surface area (Å²) in [7, 11) is 3.51. The summed E-state index contributed by atoms with van der Waals surface area (Å²) in [5.41, 5.74) is 0.918. The Labute approximate surface area is 102 Å². The highest BCUT2D eigenvalue weighted by atomic mass is 16.5. The van der Waals surface area contributed by atoms with E-state index in [0.717, 1.165) is 24.3 Å². The van der Waals surface area contributed by atoms with E-state index in [1.54, 1.807) is 7.11 Å². The van der Waals surface area contributed by atoms with Gasteiger partial charge in [0.05, 0.1) is 13.5 Å². The van der Waals surface area contributed by atoms with Gasteiger partial charge in [-0.15, -0.1) is 0 Å². The second-order valence-electron chi connectivity index (χ2n) is 3.80. The van der Waals surface area contributed by atoms with Crippen molar-refractivity contribution in [3.8, 4) is 5.75 Å². The Bertz CT molecular complexity index is 353. The van der Waals surface area contributed by atoms with Crippen LogP contribution >= 0.6 is 0 Å². The molecule has 1 aromatic carbocycles. The van der Waals surface area contributed by atoms with Crippen LogP contribution in [0.25, 0.3) is 0 Å². The molecule has 0 aromatic heterocycles. The Morgan fingerprint density at radius 1 is 1.29 bits per heavy atom. The number of para-hydroxylation sites is 1. The number of rotatable bonds is 7. The van der Waals surface area contributed by atoms with E-state index < -0.39 is 0 Å². The van der Waals surface area contributed by atoms with Crippen molar-refractivity contribution < 1.29 is 9.53 Å². The molecule has 0 spiro atoms. The molecule has 0 bridgehead atoms. The quantitative estimate of drug-likeness (QED) is 0.693. The van der Waals surface area contributed by atoms with Gasteiger partial charge in [0.1, 0.15) is 5.75 Å². The van der Waals surface area contributed by atoms with E-state index in [2.05, 4.69) is 10.6 Å². The van der Waals surface area contributed by atoms with Crippen LogP contribution in [0.1, 0.15) is 12.0 Å². The standard InChI is InChI=1S/C13H20N2O2/c1-14-8-5-9-15-13(16)10-11-6-3-4-7-12(11)17-2/h3-4,6-7,14H,5,8-10H2,1-2H3,(H,15,16). The molecule has 2 N–H and O–H groups in total. The van der Waals surface area contributed by atoms with Crippen molar-refractivity contribution in [3.63, 3.8) is 0 Å². The molecule has 0 heterocycles. The summed E-state index contributed by atoms with van der Waals surface area (Å²) in [6, 6.07) is 7.58. The van der Waals surface area contributed by atoms with Crippen molar-refractivity contribution >= 4 is 5.91 Å². The second-order valence-corrected chi connectivity index (χ2v) is 3.80. The summed E-state index contributed by atoms with van der Waals surface area (Å²) in [5.74, 6) is 0.795. The first-order valence-electron chi connectivity index (χ1n) is 5.81. The van der Waals surface area contributed by atoms with Crippen LogP contribution in [-0.2, 0) is 11.2 Å². The van der Waals surface area contributed by atoms with Crippen LogP contribution in [0.4, 0.5) is 0 Å². The van der Waals surface area contributed by atoms with Gasteiger partial charge in [0.15, 0.2) is 0 Å². The van der Waals surface area contributed by atoms with Gasteiger partial charge in [-0.3, -0.25) is 4.79 Å². The van der Waals surface area contributed by atoms with Crippen molar-refractivity contribution in [3.05, 3.63) is 29.8 Å². The lowest BCUT2D eigenvalue weighted by Gasteiger charge is -2.08. The number of methoxy groups -OCH3 is 1. The van der Waals surface area contributed by atoms with Gasteiger partial charge in [-0.25, -0.2) is 0 Å². The van der Waals surface area contributed by atoms with Crippen LogP contribution in [0.2, 0.25) is 0 Å². The maximum Gasteiger partial charge on any atom is 0.224 e. The minimum Gasteiger partial charge on any atom is -0.496 e. The summed E-state index contributed by atoms with van der Waals surface area (Å²) in [4.78, 5) is 11.7. The highest BCUT2D eigenvalue weighted by Crippen LogP contribution is 2.17. The Morgan fingerprint density at radius 2 is 2.06 bits per heavy atom. The predicted molar refractivity (Wildman–Crippen MR) is 68.3 cm³/mol. The van der Waals surface area contributed by atoms with E-state index in [4.69, 9.17) is 4.74 Å². The maximum atomic E-state index is 11.7. The van der Waals surface area contributed by atoms with Gasteiger partial charge in [-0.1, -0.05) is 18.2 Å². The molecular weight excluding hydrogens is 216 g/mol. The number of hydrogen-bond donors (Lipinski definition) is 2. The molecule has 0 saturated carbocycles. The maximum absolute atomic E-state index is 11.7. The normalized spacial score (nSPS) is 10.0. The average Bonchev–Trinajstić information content (AvgIpc) is 2.35. The Morgan fingerprint density at radius 3 is 2.76 bits per heavy atom. The Hall–Kier alpha value is -1.55. The lowest BCUT2D eigenvalue weighted by Crippen LogP contribution is -2.28. The van der Waals surface area contributed by atoms with Crippen molar-refractivity contribution in [1.82, 2.24) is 10.6 Å². The molecule has 4 heteroatoms. The van der Waals surface area contributed by atoms with E-state index in [-0.39, 0.29) is 5.91 Å². The molecule has 1 rings (SSSR count). The molecule has 0 atom stereocenters. The zero-order valence-electron chi connectivity index (χ0n) is 10.5. The van der Waals surface area contributed by atoms with Gasteiger partial charge in [-0.2, -0.15) is 0 Å². The summed E-state index contributed by atoms with van der Waals surface area (Å²) < 4.78 is 5.20. The molecule has 17 heavy (non-hydrogen) atoms. The van der Waals surface area contributed by atoms with Gasteiger partial charge in [0.25, 0.3) is 0 Å². The summed E-state index contributed by atoms with van der Waals surface area (Å²) in [6.07, 6.45) is 1.30. The highest BCUT2D eigenvalue weighted by Gasteiger charge is 2.07. The van der Waals surface area contributed by atoms with E-state index in [0.29, 0.717) is 13.0 Å². The van der Waals surface area contributed by atoms with Gasteiger partial charge in [0.2, 0.25) is 5.91 Å². The number of amides is 1. The molecule has 1 amide bonds.